The lowest BCUT2D eigenvalue weighted by Crippen LogP contribution is -1.93. The van der Waals surface area contributed by atoms with Gasteiger partial charge in [0.1, 0.15) is 5.15 Å². The lowest BCUT2D eigenvalue weighted by molar-refractivity contribution is 1.17. The molecule has 94 valence electrons. The van der Waals surface area contributed by atoms with Gasteiger partial charge < -0.3 is 0 Å². The van der Waals surface area contributed by atoms with Gasteiger partial charge in [0.05, 0.1) is 5.52 Å². The van der Waals surface area contributed by atoms with Crippen molar-refractivity contribution in [1.82, 2.24) is 4.98 Å². The van der Waals surface area contributed by atoms with Gasteiger partial charge in [-0.2, -0.15) is 0 Å². The van der Waals surface area contributed by atoms with E-state index < -0.39 is 0 Å². The molecule has 0 bridgehead atoms. The summed E-state index contributed by atoms with van der Waals surface area (Å²) in [7, 11) is 0. The third kappa shape index (κ3) is 2.61. The fourth-order valence-electron chi connectivity index (χ4n) is 2.26. The van der Waals surface area contributed by atoms with Crippen molar-refractivity contribution in [2.45, 2.75) is 13.3 Å². The normalized spacial score (nSPS) is 10.8. The van der Waals surface area contributed by atoms with E-state index in [9.17, 15) is 0 Å². The summed E-state index contributed by atoms with van der Waals surface area (Å²) in [6.07, 6.45) is 0.816. The number of benzene rings is 2. The summed E-state index contributed by atoms with van der Waals surface area (Å²) < 4.78 is 0. The molecule has 1 heterocycles. The number of aryl methyl sites for hydroxylation is 1. The first-order valence-corrected chi connectivity index (χ1v) is 6.70. The zero-order valence-corrected chi connectivity index (χ0v) is 11.5. The smallest absolute Gasteiger partial charge is 0.133 e. The van der Waals surface area contributed by atoms with E-state index in [1.54, 1.807) is 0 Å². The van der Waals surface area contributed by atoms with Gasteiger partial charge in [0.15, 0.2) is 0 Å². The Morgan fingerprint density at radius 2 is 1.79 bits per heavy atom. The van der Waals surface area contributed by atoms with Gasteiger partial charge in [0, 0.05) is 11.8 Å². The third-order valence-corrected chi connectivity index (χ3v) is 3.56. The number of aromatic nitrogens is 1. The number of rotatable bonds is 2. The van der Waals surface area contributed by atoms with Crippen LogP contribution in [-0.4, -0.2) is 4.98 Å². The average Bonchev–Trinajstić information content (AvgIpc) is 2.41. The minimum Gasteiger partial charge on any atom is -0.236 e. The molecular weight excluding hydrogens is 254 g/mol. The lowest BCUT2D eigenvalue weighted by atomic mass is 10.0. The maximum Gasteiger partial charge on any atom is 0.133 e. The molecule has 0 atom stereocenters. The van der Waals surface area contributed by atoms with Gasteiger partial charge in [-0.1, -0.05) is 53.6 Å². The van der Waals surface area contributed by atoms with E-state index in [4.69, 9.17) is 11.6 Å². The second-order valence-electron chi connectivity index (χ2n) is 4.80. The molecule has 0 fully saturated rings. The molecule has 0 spiro atoms. The highest BCUT2D eigenvalue weighted by Gasteiger charge is 2.06. The summed E-state index contributed by atoms with van der Waals surface area (Å²) in [6, 6.07) is 18.7. The average molecular weight is 268 g/mol. The van der Waals surface area contributed by atoms with E-state index in [0.717, 1.165) is 22.9 Å². The standard InChI is InChI=1S/C17H14ClN/c1-12-7-8-16-14(9-12)11-15(17(18)19-16)10-13-5-3-2-4-6-13/h2-9,11H,10H2,1H3. The molecule has 0 radical (unpaired) electrons. The predicted octanol–water partition coefficient (Wildman–Crippen LogP) is 4.79. The highest BCUT2D eigenvalue weighted by atomic mass is 35.5. The van der Waals surface area contributed by atoms with Crippen LogP contribution in [0.2, 0.25) is 5.15 Å². The molecule has 0 aliphatic carbocycles. The van der Waals surface area contributed by atoms with E-state index in [2.05, 4.69) is 42.2 Å². The molecule has 0 saturated carbocycles. The van der Waals surface area contributed by atoms with Crippen molar-refractivity contribution >= 4 is 22.5 Å². The van der Waals surface area contributed by atoms with Crippen LogP contribution in [0.4, 0.5) is 0 Å². The lowest BCUT2D eigenvalue weighted by Gasteiger charge is -2.07. The molecule has 0 N–H and O–H groups in total. The molecule has 2 heteroatoms. The van der Waals surface area contributed by atoms with Gasteiger partial charge in [-0.15, -0.1) is 0 Å². The molecule has 0 aliphatic rings. The van der Waals surface area contributed by atoms with Gasteiger partial charge in [0.25, 0.3) is 0 Å². The van der Waals surface area contributed by atoms with Gasteiger partial charge in [0.2, 0.25) is 0 Å². The van der Waals surface area contributed by atoms with Crippen LogP contribution in [0.3, 0.4) is 0 Å². The monoisotopic (exact) mass is 267 g/mol. The summed E-state index contributed by atoms with van der Waals surface area (Å²) in [4.78, 5) is 4.48. The Labute approximate surface area is 117 Å². The minimum absolute atomic E-state index is 0.597. The Kier molecular flexibility index (Phi) is 3.22. The highest BCUT2D eigenvalue weighted by Crippen LogP contribution is 2.23. The molecule has 1 aromatic heterocycles. The maximum absolute atomic E-state index is 6.28. The molecular formula is C17H14ClN. The Bertz CT molecular complexity index is 720. The van der Waals surface area contributed by atoms with Crippen molar-refractivity contribution in [2.24, 2.45) is 0 Å². The van der Waals surface area contributed by atoms with E-state index in [1.807, 2.05) is 24.3 Å². The van der Waals surface area contributed by atoms with Crippen molar-refractivity contribution in [1.29, 1.82) is 0 Å². The molecule has 0 saturated heterocycles. The van der Waals surface area contributed by atoms with Gasteiger partial charge in [-0.3, -0.25) is 0 Å². The minimum atomic E-state index is 0.597. The van der Waals surface area contributed by atoms with Gasteiger partial charge in [-0.25, -0.2) is 4.98 Å². The van der Waals surface area contributed by atoms with Crippen molar-refractivity contribution in [3.05, 3.63) is 76.4 Å². The van der Waals surface area contributed by atoms with Crippen LogP contribution in [-0.2, 0) is 6.42 Å². The summed E-state index contributed by atoms with van der Waals surface area (Å²) >= 11 is 6.28. The molecule has 1 nitrogen and oxygen atoms in total. The Hall–Kier alpha value is -1.86. The van der Waals surface area contributed by atoms with Crippen molar-refractivity contribution in [3.63, 3.8) is 0 Å². The number of nitrogens with zero attached hydrogens (tertiary/aromatic N) is 1. The number of halogens is 1. The molecule has 3 aromatic rings. The van der Waals surface area contributed by atoms with Crippen LogP contribution >= 0.6 is 11.6 Å². The van der Waals surface area contributed by atoms with E-state index >= 15 is 0 Å². The third-order valence-electron chi connectivity index (χ3n) is 3.23. The topological polar surface area (TPSA) is 12.9 Å². The number of fused-ring (bicyclic) bond motifs is 1. The van der Waals surface area contributed by atoms with Gasteiger partial charge >= 0.3 is 0 Å². The quantitative estimate of drug-likeness (QED) is 0.609. The van der Waals surface area contributed by atoms with Crippen LogP contribution in [0.25, 0.3) is 10.9 Å². The summed E-state index contributed by atoms with van der Waals surface area (Å²) in [5.41, 5.74) is 4.51. The number of pyridine rings is 1. The first-order valence-electron chi connectivity index (χ1n) is 6.32. The number of hydrogen-bond donors (Lipinski definition) is 0. The molecule has 0 amide bonds. The fourth-order valence-corrected chi connectivity index (χ4v) is 2.47. The Morgan fingerprint density at radius 1 is 1.00 bits per heavy atom. The van der Waals surface area contributed by atoms with Crippen LogP contribution in [0, 0.1) is 6.92 Å². The van der Waals surface area contributed by atoms with Crippen molar-refractivity contribution in [3.8, 4) is 0 Å². The van der Waals surface area contributed by atoms with E-state index in [1.165, 1.54) is 11.1 Å². The first-order chi connectivity index (χ1) is 9.22. The van der Waals surface area contributed by atoms with E-state index in [0.29, 0.717) is 5.15 Å². The van der Waals surface area contributed by atoms with Gasteiger partial charge in [-0.05, 0) is 36.2 Å². The Morgan fingerprint density at radius 3 is 2.58 bits per heavy atom. The van der Waals surface area contributed by atoms with Crippen LogP contribution in [0.5, 0.6) is 0 Å². The first kappa shape index (κ1) is 12.2. The zero-order valence-electron chi connectivity index (χ0n) is 10.7. The maximum atomic E-state index is 6.28. The number of hydrogen-bond acceptors (Lipinski definition) is 1. The highest BCUT2D eigenvalue weighted by molar-refractivity contribution is 6.30. The van der Waals surface area contributed by atoms with Crippen LogP contribution in [0.15, 0.2) is 54.6 Å². The second-order valence-corrected chi connectivity index (χ2v) is 5.15. The molecule has 3 rings (SSSR count). The van der Waals surface area contributed by atoms with Crippen molar-refractivity contribution < 1.29 is 0 Å². The van der Waals surface area contributed by atoms with Crippen LogP contribution < -0.4 is 0 Å². The van der Waals surface area contributed by atoms with Crippen molar-refractivity contribution in [2.75, 3.05) is 0 Å². The largest absolute Gasteiger partial charge is 0.236 e. The summed E-state index contributed by atoms with van der Waals surface area (Å²) in [6.45, 7) is 2.09. The molecule has 0 unspecified atom stereocenters. The second kappa shape index (κ2) is 5.02. The molecule has 19 heavy (non-hydrogen) atoms. The Balaban J connectivity index is 2.06. The predicted molar refractivity (Wildman–Crippen MR) is 80.7 cm³/mol. The van der Waals surface area contributed by atoms with E-state index in [-0.39, 0.29) is 0 Å². The summed E-state index contributed by atoms with van der Waals surface area (Å²) in [5.74, 6) is 0. The fraction of sp³-hybridized carbons (Fsp3) is 0.118. The molecule has 2 aromatic carbocycles. The molecule has 0 aliphatic heterocycles. The summed E-state index contributed by atoms with van der Waals surface area (Å²) in [5, 5.41) is 1.75. The van der Waals surface area contributed by atoms with Crippen LogP contribution in [0.1, 0.15) is 16.7 Å². The zero-order chi connectivity index (χ0) is 13.2. The SMILES string of the molecule is Cc1ccc2nc(Cl)c(Cc3ccccc3)cc2c1.